The van der Waals surface area contributed by atoms with E-state index in [9.17, 15) is 13.2 Å². The van der Waals surface area contributed by atoms with E-state index in [-0.39, 0.29) is 19.0 Å². The first-order valence-electron chi connectivity index (χ1n) is 10.9. The van der Waals surface area contributed by atoms with Crippen molar-refractivity contribution in [3.05, 3.63) is 65.9 Å². The molecule has 0 unspecified atom stereocenters. The molecule has 1 aliphatic heterocycles. The summed E-state index contributed by atoms with van der Waals surface area (Å²) in [5.41, 5.74) is 2.53. The first kappa shape index (κ1) is 22.4. The van der Waals surface area contributed by atoms with Crippen LogP contribution in [-0.4, -0.2) is 44.5 Å². The molecular formula is C25H27N3O5S. The number of carbonyl (C=O) groups is 1. The van der Waals surface area contributed by atoms with Crippen LogP contribution in [0.4, 0.5) is 5.82 Å². The molecule has 2 aliphatic rings. The minimum Gasteiger partial charge on any atom is -0.454 e. The number of ether oxygens (including phenoxy) is 2. The lowest BCUT2D eigenvalue weighted by Crippen LogP contribution is -2.28. The quantitative estimate of drug-likeness (QED) is 0.573. The topological polar surface area (TPSA) is 97.8 Å². The van der Waals surface area contributed by atoms with Gasteiger partial charge in [0.15, 0.2) is 11.5 Å². The Morgan fingerprint density at radius 3 is 2.53 bits per heavy atom. The number of benzene rings is 2. The Morgan fingerprint density at radius 1 is 1.06 bits per heavy atom. The van der Waals surface area contributed by atoms with Gasteiger partial charge in [-0.05, 0) is 67.3 Å². The van der Waals surface area contributed by atoms with E-state index >= 15 is 0 Å². The van der Waals surface area contributed by atoms with Crippen LogP contribution in [0.1, 0.15) is 25.5 Å². The van der Waals surface area contributed by atoms with Gasteiger partial charge < -0.3 is 14.8 Å². The Bertz CT molecular complexity index is 1400. The second kappa shape index (κ2) is 8.11. The lowest BCUT2D eigenvalue weighted by atomic mass is 9.94. The second-order valence-corrected chi connectivity index (χ2v) is 10.9. The molecule has 8 nitrogen and oxygen atoms in total. The van der Waals surface area contributed by atoms with Crippen LogP contribution in [0.2, 0.25) is 0 Å². The lowest BCUT2D eigenvalue weighted by Gasteiger charge is -2.17. The molecule has 34 heavy (non-hydrogen) atoms. The average Bonchev–Trinajstić information content (AvgIpc) is 3.50. The highest BCUT2D eigenvalue weighted by molar-refractivity contribution is 7.89. The van der Waals surface area contributed by atoms with Crippen molar-refractivity contribution in [2.45, 2.75) is 30.1 Å². The summed E-state index contributed by atoms with van der Waals surface area (Å²) in [5.74, 6) is 1.70. The number of rotatable bonds is 6. The van der Waals surface area contributed by atoms with Gasteiger partial charge in [0, 0.05) is 26.8 Å². The van der Waals surface area contributed by atoms with Crippen molar-refractivity contribution in [3.8, 4) is 22.6 Å². The molecule has 0 bridgehead atoms. The van der Waals surface area contributed by atoms with Crippen LogP contribution in [-0.2, 0) is 20.2 Å². The van der Waals surface area contributed by atoms with Crippen LogP contribution < -0.4 is 14.8 Å². The van der Waals surface area contributed by atoms with E-state index in [1.54, 1.807) is 24.3 Å². The molecule has 1 aromatic heterocycles. The SMILES string of the molecule is Cc1nc(NC(=O)C2(c3ccc4c(c3)OCO4)CC2)ccc1-c1cccc(S(=O)(=O)N(C)C)c1.[HH]. The predicted molar refractivity (Wildman–Crippen MR) is 130 cm³/mol. The molecular weight excluding hydrogens is 454 g/mol. The number of anilines is 1. The summed E-state index contributed by atoms with van der Waals surface area (Å²) < 4.78 is 37.0. The fraction of sp³-hybridized carbons (Fsp3) is 0.280. The number of fused-ring (bicyclic) bond motifs is 1. The van der Waals surface area contributed by atoms with Gasteiger partial charge in [-0.1, -0.05) is 18.2 Å². The highest BCUT2D eigenvalue weighted by Crippen LogP contribution is 2.51. The summed E-state index contributed by atoms with van der Waals surface area (Å²) in [7, 11) is -0.540. The Balaban J connectivity index is 0.00000289. The Morgan fingerprint density at radius 2 is 1.82 bits per heavy atom. The molecule has 1 saturated carbocycles. The molecule has 1 amide bonds. The van der Waals surface area contributed by atoms with Crippen molar-refractivity contribution in [3.63, 3.8) is 0 Å². The molecule has 1 aliphatic carbocycles. The summed E-state index contributed by atoms with van der Waals surface area (Å²) >= 11 is 0. The lowest BCUT2D eigenvalue weighted by molar-refractivity contribution is -0.118. The molecule has 1 fully saturated rings. The van der Waals surface area contributed by atoms with E-state index in [0.717, 1.165) is 29.5 Å². The molecule has 0 saturated heterocycles. The van der Waals surface area contributed by atoms with Crippen LogP contribution in [0.15, 0.2) is 59.5 Å². The number of aromatic nitrogens is 1. The average molecular weight is 482 g/mol. The third kappa shape index (κ3) is 3.80. The maximum absolute atomic E-state index is 13.2. The van der Waals surface area contributed by atoms with Crippen molar-refractivity contribution in [1.82, 2.24) is 9.29 Å². The number of carbonyl (C=O) groups excluding carboxylic acids is 1. The highest BCUT2D eigenvalue weighted by Gasteiger charge is 2.51. The summed E-state index contributed by atoms with van der Waals surface area (Å²) in [6.45, 7) is 2.03. The number of nitrogens with one attached hydrogen (secondary N) is 1. The molecule has 2 aromatic carbocycles. The molecule has 0 atom stereocenters. The fourth-order valence-electron chi connectivity index (χ4n) is 4.17. The first-order chi connectivity index (χ1) is 16.2. The molecule has 9 heteroatoms. The monoisotopic (exact) mass is 481 g/mol. The van der Waals surface area contributed by atoms with E-state index in [0.29, 0.717) is 23.0 Å². The molecule has 3 aromatic rings. The number of nitrogens with zero attached hydrogens (tertiary/aromatic N) is 2. The summed E-state index contributed by atoms with van der Waals surface area (Å²) in [6, 6.07) is 16.0. The highest BCUT2D eigenvalue weighted by atomic mass is 32.2. The number of pyridine rings is 1. The van der Waals surface area contributed by atoms with Gasteiger partial charge in [-0.2, -0.15) is 0 Å². The smallest absolute Gasteiger partial charge is 0.242 e. The molecule has 5 rings (SSSR count). The number of aryl methyl sites for hydroxylation is 1. The van der Waals surface area contributed by atoms with Gasteiger partial charge in [-0.15, -0.1) is 0 Å². The minimum absolute atomic E-state index is 0. The van der Waals surface area contributed by atoms with Crippen molar-refractivity contribution in [2.24, 2.45) is 0 Å². The van der Waals surface area contributed by atoms with Crippen LogP contribution >= 0.6 is 0 Å². The van der Waals surface area contributed by atoms with Gasteiger partial charge in [-0.25, -0.2) is 17.7 Å². The summed E-state index contributed by atoms with van der Waals surface area (Å²) in [5, 5.41) is 2.96. The molecule has 2 heterocycles. The van der Waals surface area contributed by atoms with Gasteiger partial charge >= 0.3 is 0 Å². The van der Waals surface area contributed by atoms with Gasteiger partial charge in [0.25, 0.3) is 0 Å². The second-order valence-electron chi connectivity index (χ2n) is 8.75. The minimum atomic E-state index is -3.54. The number of hydrogen-bond acceptors (Lipinski definition) is 6. The summed E-state index contributed by atoms with van der Waals surface area (Å²) in [6.07, 6.45) is 1.51. The van der Waals surface area contributed by atoms with Gasteiger partial charge in [0.05, 0.1) is 10.3 Å². The van der Waals surface area contributed by atoms with Crippen molar-refractivity contribution in [1.29, 1.82) is 0 Å². The number of amides is 1. The van der Waals surface area contributed by atoms with Gasteiger partial charge in [-0.3, -0.25) is 4.79 Å². The predicted octanol–water partition coefficient (Wildman–Crippen LogP) is 3.95. The van der Waals surface area contributed by atoms with Crippen LogP contribution in [0.25, 0.3) is 11.1 Å². The maximum Gasteiger partial charge on any atom is 0.242 e. The van der Waals surface area contributed by atoms with Crippen LogP contribution in [0.5, 0.6) is 11.5 Å². The summed E-state index contributed by atoms with van der Waals surface area (Å²) in [4.78, 5) is 18.0. The van der Waals surface area contributed by atoms with E-state index in [4.69, 9.17) is 9.47 Å². The molecule has 1 N–H and O–H groups in total. The molecule has 0 spiro atoms. The van der Waals surface area contributed by atoms with E-state index in [1.807, 2.05) is 37.3 Å². The first-order valence-corrected chi connectivity index (χ1v) is 12.4. The van der Waals surface area contributed by atoms with Crippen molar-refractivity contribution >= 4 is 21.7 Å². The zero-order valence-corrected chi connectivity index (χ0v) is 20.0. The van der Waals surface area contributed by atoms with Crippen molar-refractivity contribution in [2.75, 3.05) is 26.2 Å². The largest absolute Gasteiger partial charge is 0.454 e. The van der Waals surface area contributed by atoms with Crippen molar-refractivity contribution < 1.29 is 24.1 Å². The van der Waals surface area contributed by atoms with Gasteiger partial charge in [0.2, 0.25) is 22.7 Å². The zero-order valence-electron chi connectivity index (χ0n) is 19.2. The normalized spacial score (nSPS) is 15.9. The van der Waals surface area contributed by atoms with E-state index < -0.39 is 15.4 Å². The van der Waals surface area contributed by atoms with Crippen LogP contribution in [0, 0.1) is 6.92 Å². The third-order valence-corrected chi connectivity index (χ3v) is 8.17. The zero-order chi connectivity index (χ0) is 24.1. The Labute approximate surface area is 200 Å². The Hall–Kier alpha value is -3.43. The van der Waals surface area contributed by atoms with E-state index in [1.165, 1.54) is 18.4 Å². The third-order valence-electron chi connectivity index (χ3n) is 6.36. The maximum atomic E-state index is 13.2. The number of hydrogen-bond donors (Lipinski definition) is 1. The fourth-order valence-corrected chi connectivity index (χ4v) is 5.12. The number of sulfonamides is 1. The molecule has 0 radical (unpaired) electrons. The van der Waals surface area contributed by atoms with Gasteiger partial charge in [0.1, 0.15) is 5.82 Å². The van der Waals surface area contributed by atoms with E-state index in [2.05, 4.69) is 10.3 Å². The standard InChI is InChI=1S/C25H25N3O5S.H2/c1-16-20(17-5-4-6-19(13-17)34(30,31)28(2)3)8-10-23(26-16)27-24(29)25(11-12-25)18-7-9-21-22(14-18)33-15-32-21;/h4-10,13-14H,11-12,15H2,1-3H3,(H,26,27,29);1H. The Kier molecular flexibility index (Phi) is 5.33. The molecule has 178 valence electrons. The van der Waals surface area contributed by atoms with Crippen LogP contribution in [0.3, 0.4) is 0 Å².